The quantitative estimate of drug-likeness (QED) is 0.685. The van der Waals surface area contributed by atoms with E-state index in [1.165, 1.54) is 16.9 Å². The summed E-state index contributed by atoms with van der Waals surface area (Å²) in [4.78, 5) is 19.0. The number of aromatic amines is 1. The number of aromatic nitrogens is 4. The molecule has 2 aliphatic heterocycles. The highest BCUT2D eigenvalue weighted by molar-refractivity contribution is 7.22. The summed E-state index contributed by atoms with van der Waals surface area (Å²) in [5, 5.41) is 10.6. The Morgan fingerprint density at radius 3 is 3.00 bits per heavy atom. The first-order valence-electron chi connectivity index (χ1n) is 9.21. The molecule has 2 atom stereocenters. The zero-order valence-corrected chi connectivity index (χ0v) is 16.4. The Kier molecular flexibility index (Phi) is 3.54. The largest absolute Gasteiger partial charge is 0.287 e. The van der Waals surface area contributed by atoms with Crippen molar-refractivity contribution in [2.24, 2.45) is 5.92 Å². The summed E-state index contributed by atoms with van der Waals surface area (Å²) in [6.45, 7) is 6.95. The Morgan fingerprint density at radius 1 is 1.44 bits per heavy atom. The van der Waals surface area contributed by atoms with Crippen LogP contribution in [-0.2, 0) is 5.66 Å². The van der Waals surface area contributed by atoms with E-state index in [4.69, 9.17) is 4.98 Å². The average Bonchev–Trinajstić information content (AvgIpc) is 3.10. The number of H-pyrrole nitrogens is 1. The van der Waals surface area contributed by atoms with Crippen molar-refractivity contribution in [2.45, 2.75) is 32.9 Å². The van der Waals surface area contributed by atoms with Gasteiger partial charge in [0, 0.05) is 35.0 Å². The number of hydrogen-bond acceptors (Lipinski definition) is 5. The molecule has 0 saturated carbocycles. The van der Waals surface area contributed by atoms with E-state index in [0.717, 1.165) is 45.1 Å². The molecule has 0 bridgehead atoms. The van der Waals surface area contributed by atoms with E-state index in [-0.39, 0.29) is 11.2 Å². The second kappa shape index (κ2) is 5.74. The monoisotopic (exact) mass is 379 g/mol. The van der Waals surface area contributed by atoms with Crippen LogP contribution in [0.4, 0.5) is 0 Å². The molecule has 1 fully saturated rings. The van der Waals surface area contributed by atoms with Crippen molar-refractivity contribution in [3.8, 4) is 10.4 Å². The van der Waals surface area contributed by atoms with Crippen LogP contribution in [0.5, 0.6) is 0 Å². The van der Waals surface area contributed by atoms with Crippen molar-refractivity contribution >= 4 is 21.6 Å². The van der Waals surface area contributed by atoms with Gasteiger partial charge in [-0.3, -0.25) is 19.8 Å². The highest BCUT2D eigenvalue weighted by Crippen LogP contribution is 2.47. The molecular formula is C20H21N5OS. The zero-order chi connectivity index (χ0) is 18.8. The number of nitrogens with zero attached hydrogens (tertiary/aromatic N) is 3. The molecule has 6 nitrogen and oxygen atoms in total. The Hall–Kier alpha value is -2.51. The minimum absolute atomic E-state index is 0.0635. The number of thiophene rings is 1. The van der Waals surface area contributed by atoms with Crippen molar-refractivity contribution in [2.75, 3.05) is 6.54 Å². The lowest BCUT2D eigenvalue weighted by Crippen LogP contribution is -2.29. The Labute approximate surface area is 160 Å². The maximum atomic E-state index is 13.1. The van der Waals surface area contributed by atoms with E-state index in [9.17, 15) is 4.79 Å². The van der Waals surface area contributed by atoms with Crippen LogP contribution in [0.3, 0.4) is 0 Å². The van der Waals surface area contributed by atoms with E-state index < -0.39 is 0 Å². The van der Waals surface area contributed by atoms with Gasteiger partial charge in [0.2, 0.25) is 0 Å². The molecule has 0 radical (unpaired) electrons. The summed E-state index contributed by atoms with van der Waals surface area (Å²) in [7, 11) is 0. The first-order chi connectivity index (χ1) is 13.1. The summed E-state index contributed by atoms with van der Waals surface area (Å²) in [5.41, 5.74) is 3.81. The van der Waals surface area contributed by atoms with Crippen LogP contribution in [0.15, 0.2) is 40.9 Å². The molecule has 1 saturated heterocycles. The summed E-state index contributed by atoms with van der Waals surface area (Å²) in [5.74, 6) is 1.26. The van der Waals surface area contributed by atoms with Gasteiger partial charge in [-0.1, -0.05) is 18.2 Å². The van der Waals surface area contributed by atoms with E-state index in [1.54, 1.807) is 6.20 Å². The molecule has 3 aromatic rings. The number of nitrogens with one attached hydrogen (secondary N) is 2. The maximum absolute atomic E-state index is 13.1. The number of allylic oxidation sites excluding steroid dienone is 3. The fourth-order valence-electron chi connectivity index (χ4n) is 4.28. The van der Waals surface area contributed by atoms with Gasteiger partial charge in [-0.05, 0) is 32.4 Å². The summed E-state index contributed by atoms with van der Waals surface area (Å²) >= 11 is 1.50. The van der Waals surface area contributed by atoms with Crippen LogP contribution in [0.2, 0.25) is 0 Å². The van der Waals surface area contributed by atoms with Crippen molar-refractivity contribution in [1.82, 2.24) is 25.1 Å². The van der Waals surface area contributed by atoms with E-state index in [2.05, 4.69) is 40.7 Å². The molecule has 27 heavy (non-hydrogen) atoms. The molecule has 7 heteroatoms. The average molecular weight is 379 g/mol. The Morgan fingerprint density at radius 2 is 2.30 bits per heavy atom. The van der Waals surface area contributed by atoms with Crippen molar-refractivity contribution in [3.63, 3.8) is 0 Å². The van der Waals surface area contributed by atoms with Gasteiger partial charge in [0.15, 0.2) is 11.5 Å². The SMILES string of the molecule is C/C=C\C(=C/C)[C@H]1CN[C@@]2(C1)c1nc3cc(-c4cn[nH]c4C)sc3c(=O)n12. The second-order valence-electron chi connectivity index (χ2n) is 7.24. The molecule has 3 aromatic heterocycles. The van der Waals surface area contributed by atoms with Crippen molar-refractivity contribution in [3.05, 3.63) is 57.9 Å². The smallest absolute Gasteiger partial charge is 0.273 e. The molecule has 0 amide bonds. The van der Waals surface area contributed by atoms with Crippen LogP contribution in [0.1, 0.15) is 31.8 Å². The van der Waals surface area contributed by atoms with Gasteiger partial charge in [-0.15, -0.1) is 11.3 Å². The van der Waals surface area contributed by atoms with Gasteiger partial charge in [0.25, 0.3) is 5.56 Å². The zero-order valence-electron chi connectivity index (χ0n) is 15.5. The Bertz CT molecular complexity index is 1180. The van der Waals surface area contributed by atoms with Crippen LogP contribution in [-0.4, -0.2) is 26.3 Å². The van der Waals surface area contributed by atoms with Gasteiger partial charge < -0.3 is 0 Å². The highest BCUT2D eigenvalue weighted by Gasteiger charge is 2.58. The molecule has 0 aromatic carbocycles. The van der Waals surface area contributed by atoms with E-state index in [1.807, 2.05) is 24.5 Å². The fraction of sp³-hybridized carbons (Fsp3) is 0.350. The molecule has 5 rings (SSSR count). The minimum atomic E-state index is -0.387. The number of rotatable bonds is 3. The molecular weight excluding hydrogens is 358 g/mol. The van der Waals surface area contributed by atoms with E-state index >= 15 is 0 Å². The summed E-state index contributed by atoms with van der Waals surface area (Å²) in [6, 6.07) is 2.01. The minimum Gasteiger partial charge on any atom is -0.287 e. The summed E-state index contributed by atoms with van der Waals surface area (Å²) < 4.78 is 2.57. The third-order valence-electron chi connectivity index (χ3n) is 5.69. The van der Waals surface area contributed by atoms with Gasteiger partial charge in [-0.25, -0.2) is 4.98 Å². The molecule has 2 N–H and O–H groups in total. The van der Waals surface area contributed by atoms with Gasteiger partial charge >= 0.3 is 0 Å². The van der Waals surface area contributed by atoms with Crippen LogP contribution in [0, 0.1) is 12.8 Å². The lowest BCUT2D eigenvalue weighted by molar-refractivity contribution is 0.471. The fourth-order valence-corrected chi connectivity index (χ4v) is 5.37. The molecule has 2 aliphatic rings. The summed E-state index contributed by atoms with van der Waals surface area (Å²) in [6.07, 6.45) is 9.07. The number of hydrogen-bond donors (Lipinski definition) is 2. The van der Waals surface area contributed by atoms with Gasteiger partial charge in [-0.2, -0.15) is 5.10 Å². The normalized spacial score (nSPS) is 24.4. The van der Waals surface area contributed by atoms with Crippen LogP contribution >= 0.6 is 11.3 Å². The topological polar surface area (TPSA) is 75.6 Å². The predicted octanol–water partition coefficient (Wildman–Crippen LogP) is 3.30. The van der Waals surface area contributed by atoms with Crippen LogP contribution in [0.25, 0.3) is 20.7 Å². The number of aryl methyl sites for hydroxylation is 1. The molecule has 1 spiro atoms. The molecule has 5 heterocycles. The Balaban J connectivity index is 1.53. The predicted molar refractivity (Wildman–Crippen MR) is 108 cm³/mol. The first-order valence-corrected chi connectivity index (χ1v) is 10.0. The highest BCUT2D eigenvalue weighted by atomic mass is 32.1. The molecule has 0 aliphatic carbocycles. The molecule has 138 valence electrons. The standard InChI is InChI=1S/C20H21N5OS/c1-4-6-12(5-2)13-8-20(21-9-13)19-23-15-7-16(14-10-22-24-11(14)3)27-17(15)18(26)25(19)20/h4-7,10,13,21H,8-9H2,1-3H3,(H,22,24)/b6-4-,12-5+/t13-,20-,25?/m1/s1. The van der Waals surface area contributed by atoms with Crippen molar-refractivity contribution in [1.29, 1.82) is 0 Å². The lowest BCUT2D eigenvalue weighted by atomic mass is 9.95. The lowest BCUT2D eigenvalue weighted by Gasteiger charge is -2.09. The third-order valence-corrected chi connectivity index (χ3v) is 6.84. The second-order valence-corrected chi connectivity index (χ2v) is 8.29. The van der Waals surface area contributed by atoms with Crippen LogP contribution < -0.4 is 10.9 Å². The van der Waals surface area contributed by atoms with Crippen molar-refractivity contribution < 1.29 is 0 Å². The third kappa shape index (κ3) is 2.25. The maximum Gasteiger partial charge on any atom is 0.273 e. The number of fused-ring (bicyclic) bond motifs is 4. The van der Waals surface area contributed by atoms with E-state index in [0.29, 0.717) is 5.92 Å². The van der Waals surface area contributed by atoms with Gasteiger partial charge in [0.05, 0.1) is 11.7 Å². The first kappa shape index (κ1) is 16.6. The van der Waals surface area contributed by atoms with Gasteiger partial charge in [0.1, 0.15) is 4.70 Å². The molecule has 0 unspecified atom stereocenters.